The average Bonchev–Trinajstić information content (AvgIpc) is 2.67. The minimum Gasteiger partial charge on any atom is -0.493 e. The Morgan fingerprint density at radius 3 is 2.11 bits per heavy atom. The van der Waals surface area contributed by atoms with Crippen LogP contribution in [0.25, 0.3) is 16.8 Å². The monoisotopic (exact) mass is 366 g/mol. The van der Waals surface area contributed by atoms with Crippen molar-refractivity contribution >= 4 is 34.7 Å². The molecule has 0 radical (unpaired) electrons. The lowest BCUT2D eigenvalue weighted by Gasteiger charge is -2.29. The van der Waals surface area contributed by atoms with E-state index in [9.17, 15) is 14.4 Å². The van der Waals surface area contributed by atoms with Crippen LogP contribution in [0.5, 0.6) is 5.75 Å². The Hall–Kier alpha value is -3.15. The van der Waals surface area contributed by atoms with Crippen LogP contribution in [0.1, 0.15) is 19.4 Å². The van der Waals surface area contributed by atoms with E-state index in [1.807, 2.05) is 36.4 Å². The standard InChI is InChI=1S/C21H22N2O4/c1-13(2)12-27-18-10-9-14(15-7-5-6-8-16(15)18)11-17-19(24)22(3)21(26)23(4)20(17)25/h5-11,13H,12H2,1-4H3. The normalized spacial score (nSPS) is 15.1. The van der Waals surface area contributed by atoms with Gasteiger partial charge in [-0.1, -0.05) is 44.2 Å². The predicted molar refractivity (Wildman–Crippen MR) is 103 cm³/mol. The molecule has 1 aliphatic heterocycles. The fourth-order valence-corrected chi connectivity index (χ4v) is 2.93. The second-order valence-corrected chi connectivity index (χ2v) is 6.97. The van der Waals surface area contributed by atoms with Gasteiger partial charge in [0.15, 0.2) is 0 Å². The molecule has 0 saturated carbocycles. The lowest BCUT2D eigenvalue weighted by Crippen LogP contribution is -2.52. The first-order chi connectivity index (χ1) is 12.8. The molecule has 1 aliphatic rings. The highest BCUT2D eigenvalue weighted by Gasteiger charge is 2.37. The number of fused-ring (bicyclic) bond motifs is 1. The number of rotatable bonds is 4. The first-order valence-electron chi connectivity index (χ1n) is 8.77. The van der Waals surface area contributed by atoms with Crippen molar-refractivity contribution in [3.63, 3.8) is 0 Å². The molecule has 0 aromatic heterocycles. The number of amides is 4. The molecule has 0 N–H and O–H groups in total. The molecule has 3 rings (SSSR count). The Morgan fingerprint density at radius 1 is 0.926 bits per heavy atom. The van der Waals surface area contributed by atoms with Crippen molar-refractivity contribution in [3.05, 3.63) is 47.5 Å². The van der Waals surface area contributed by atoms with Gasteiger partial charge in [-0.3, -0.25) is 19.4 Å². The molecule has 1 heterocycles. The smallest absolute Gasteiger partial charge is 0.333 e. The van der Waals surface area contributed by atoms with Crippen molar-refractivity contribution in [2.75, 3.05) is 20.7 Å². The predicted octanol–water partition coefficient (Wildman–Crippen LogP) is 3.31. The van der Waals surface area contributed by atoms with E-state index in [1.165, 1.54) is 14.1 Å². The van der Waals surface area contributed by atoms with Crippen LogP contribution in [-0.2, 0) is 9.59 Å². The van der Waals surface area contributed by atoms with Crippen LogP contribution < -0.4 is 4.74 Å². The summed E-state index contributed by atoms with van der Waals surface area (Å²) in [6.45, 7) is 4.75. The molecule has 2 aromatic rings. The average molecular weight is 366 g/mol. The molecule has 0 atom stereocenters. The number of carbonyl (C=O) groups excluding carboxylic acids is 3. The Balaban J connectivity index is 2.08. The number of likely N-dealkylation sites (N-methyl/N-ethyl adjacent to an activating group) is 2. The van der Waals surface area contributed by atoms with Gasteiger partial charge >= 0.3 is 6.03 Å². The Bertz CT molecular complexity index is 936. The minimum absolute atomic E-state index is 0.0411. The van der Waals surface area contributed by atoms with Gasteiger partial charge in [0, 0.05) is 19.5 Å². The van der Waals surface area contributed by atoms with Gasteiger partial charge in [0.1, 0.15) is 11.3 Å². The molecule has 27 heavy (non-hydrogen) atoms. The van der Waals surface area contributed by atoms with Crippen LogP contribution in [0.15, 0.2) is 42.0 Å². The SMILES string of the molecule is CC(C)COc1ccc(C=C2C(=O)N(C)C(=O)N(C)C2=O)c2ccccc12. The Labute approximate surface area is 158 Å². The Morgan fingerprint density at radius 2 is 1.52 bits per heavy atom. The van der Waals surface area contributed by atoms with Gasteiger partial charge in [-0.15, -0.1) is 0 Å². The van der Waals surface area contributed by atoms with E-state index in [0.717, 1.165) is 31.9 Å². The molecule has 0 bridgehead atoms. The summed E-state index contributed by atoms with van der Waals surface area (Å²) in [6.07, 6.45) is 1.54. The van der Waals surface area contributed by atoms with E-state index < -0.39 is 17.8 Å². The van der Waals surface area contributed by atoms with E-state index in [1.54, 1.807) is 6.08 Å². The molecule has 0 spiro atoms. The maximum Gasteiger partial charge on any atom is 0.333 e. The molecule has 1 fully saturated rings. The van der Waals surface area contributed by atoms with Crippen molar-refractivity contribution in [2.24, 2.45) is 5.92 Å². The topological polar surface area (TPSA) is 66.9 Å². The maximum atomic E-state index is 12.4. The highest BCUT2D eigenvalue weighted by atomic mass is 16.5. The number of carbonyl (C=O) groups is 3. The van der Waals surface area contributed by atoms with Crippen molar-refractivity contribution in [1.29, 1.82) is 0 Å². The third-order valence-electron chi connectivity index (χ3n) is 4.43. The molecule has 1 saturated heterocycles. The molecule has 0 unspecified atom stereocenters. The number of nitrogens with zero attached hydrogens (tertiary/aromatic N) is 2. The molecule has 6 heteroatoms. The summed E-state index contributed by atoms with van der Waals surface area (Å²) in [5.74, 6) is -0.0570. The first-order valence-corrected chi connectivity index (χ1v) is 8.77. The van der Waals surface area contributed by atoms with Gasteiger partial charge in [-0.25, -0.2) is 4.79 Å². The van der Waals surface area contributed by atoms with E-state index in [4.69, 9.17) is 4.74 Å². The number of hydrogen-bond acceptors (Lipinski definition) is 4. The van der Waals surface area contributed by atoms with E-state index in [2.05, 4.69) is 13.8 Å². The first kappa shape index (κ1) is 18.6. The van der Waals surface area contributed by atoms with Crippen molar-refractivity contribution in [3.8, 4) is 5.75 Å². The molecule has 6 nitrogen and oxygen atoms in total. The zero-order chi connectivity index (χ0) is 19.7. The zero-order valence-corrected chi connectivity index (χ0v) is 15.9. The number of hydrogen-bond donors (Lipinski definition) is 0. The van der Waals surface area contributed by atoms with Crippen LogP contribution in [0.4, 0.5) is 4.79 Å². The number of urea groups is 1. The molecule has 2 aromatic carbocycles. The number of imide groups is 2. The summed E-state index contributed by atoms with van der Waals surface area (Å²) >= 11 is 0. The zero-order valence-electron chi connectivity index (χ0n) is 15.9. The third-order valence-corrected chi connectivity index (χ3v) is 4.43. The largest absolute Gasteiger partial charge is 0.493 e. The van der Waals surface area contributed by atoms with Crippen LogP contribution in [0.2, 0.25) is 0 Å². The molecule has 4 amide bonds. The lowest BCUT2D eigenvalue weighted by molar-refractivity contribution is -0.134. The number of benzene rings is 2. The fourth-order valence-electron chi connectivity index (χ4n) is 2.93. The van der Waals surface area contributed by atoms with E-state index in [-0.39, 0.29) is 5.57 Å². The fraction of sp³-hybridized carbons (Fsp3) is 0.286. The quantitative estimate of drug-likeness (QED) is 0.615. The highest BCUT2D eigenvalue weighted by molar-refractivity contribution is 6.31. The number of ether oxygens (including phenoxy) is 1. The van der Waals surface area contributed by atoms with Crippen molar-refractivity contribution in [1.82, 2.24) is 9.80 Å². The van der Waals surface area contributed by atoms with E-state index in [0.29, 0.717) is 12.5 Å². The second kappa shape index (κ2) is 7.23. The third kappa shape index (κ3) is 3.43. The Kier molecular flexibility index (Phi) is 4.99. The summed E-state index contributed by atoms with van der Waals surface area (Å²) in [5.41, 5.74) is 0.677. The van der Waals surface area contributed by atoms with Gasteiger partial charge in [0.05, 0.1) is 6.61 Å². The van der Waals surface area contributed by atoms with Crippen LogP contribution in [-0.4, -0.2) is 48.3 Å². The van der Waals surface area contributed by atoms with Gasteiger partial charge in [-0.2, -0.15) is 0 Å². The van der Waals surface area contributed by atoms with Gasteiger partial charge in [0.25, 0.3) is 11.8 Å². The summed E-state index contributed by atoms with van der Waals surface area (Å²) in [6, 6.07) is 10.7. The van der Waals surface area contributed by atoms with Crippen LogP contribution in [0, 0.1) is 5.92 Å². The van der Waals surface area contributed by atoms with Crippen LogP contribution in [0.3, 0.4) is 0 Å². The summed E-state index contributed by atoms with van der Waals surface area (Å²) in [7, 11) is 2.73. The van der Waals surface area contributed by atoms with Gasteiger partial charge < -0.3 is 4.74 Å². The lowest BCUT2D eigenvalue weighted by atomic mass is 10.00. The second-order valence-electron chi connectivity index (χ2n) is 6.97. The molecular formula is C21H22N2O4. The molecule has 0 aliphatic carbocycles. The summed E-state index contributed by atoms with van der Waals surface area (Å²) < 4.78 is 5.90. The van der Waals surface area contributed by atoms with Crippen LogP contribution >= 0.6 is 0 Å². The van der Waals surface area contributed by atoms with Crippen molar-refractivity contribution < 1.29 is 19.1 Å². The number of barbiturate groups is 1. The van der Waals surface area contributed by atoms with Gasteiger partial charge in [0.2, 0.25) is 0 Å². The minimum atomic E-state index is -0.635. The highest BCUT2D eigenvalue weighted by Crippen LogP contribution is 2.31. The summed E-state index contributed by atoms with van der Waals surface area (Å²) in [4.78, 5) is 38.7. The van der Waals surface area contributed by atoms with Gasteiger partial charge in [-0.05, 0) is 29.0 Å². The summed E-state index contributed by atoms with van der Waals surface area (Å²) in [5, 5.41) is 1.77. The maximum absolute atomic E-state index is 12.4. The molecular weight excluding hydrogens is 344 g/mol. The molecule has 140 valence electrons. The van der Waals surface area contributed by atoms with E-state index >= 15 is 0 Å². The van der Waals surface area contributed by atoms with Crippen molar-refractivity contribution in [2.45, 2.75) is 13.8 Å².